The maximum atomic E-state index is 4.90. The largest absolute Gasteiger partial charge is 0.307 e. The molecule has 7 aromatic rings. The number of fused-ring (bicyclic) bond motifs is 8. The predicted molar refractivity (Wildman–Crippen MR) is 172 cm³/mol. The molecular formula is C38H32IrN4-2. The molecule has 4 nitrogen and oxygen atoms in total. The summed E-state index contributed by atoms with van der Waals surface area (Å²) in [5.41, 5.74) is 12.5. The van der Waals surface area contributed by atoms with Crippen LogP contribution in [0.15, 0.2) is 103 Å². The van der Waals surface area contributed by atoms with Crippen molar-refractivity contribution in [2.45, 2.75) is 45.4 Å². The smallest absolute Gasteiger partial charge is 0.127 e. The van der Waals surface area contributed by atoms with Crippen molar-refractivity contribution < 1.29 is 20.1 Å². The first-order chi connectivity index (χ1) is 20.2. The summed E-state index contributed by atoms with van der Waals surface area (Å²) in [4.78, 5) is 14.2. The fraction of sp³-hybridized carbons (Fsp3) is 0.184. The van der Waals surface area contributed by atoms with E-state index in [9.17, 15) is 0 Å². The van der Waals surface area contributed by atoms with E-state index in [1.54, 1.807) is 0 Å². The van der Waals surface area contributed by atoms with Crippen molar-refractivity contribution in [1.29, 1.82) is 0 Å². The van der Waals surface area contributed by atoms with Crippen LogP contribution < -0.4 is 0 Å². The Hall–Kier alpha value is -4.18. The van der Waals surface area contributed by atoms with Crippen LogP contribution in [0.2, 0.25) is 0 Å². The van der Waals surface area contributed by atoms with Gasteiger partial charge in [-0.05, 0) is 40.4 Å². The van der Waals surface area contributed by atoms with Gasteiger partial charge in [-0.25, -0.2) is 0 Å². The van der Waals surface area contributed by atoms with Crippen LogP contribution in [0.1, 0.15) is 51.4 Å². The molecule has 215 valence electrons. The van der Waals surface area contributed by atoms with Crippen LogP contribution in [0.25, 0.3) is 50.0 Å². The molecule has 0 saturated heterocycles. The van der Waals surface area contributed by atoms with Crippen LogP contribution in [-0.4, -0.2) is 19.4 Å². The van der Waals surface area contributed by atoms with Gasteiger partial charge in [0.2, 0.25) is 0 Å². The van der Waals surface area contributed by atoms with Crippen molar-refractivity contribution in [3.05, 3.63) is 132 Å². The first kappa shape index (κ1) is 28.9. The quantitative estimate of drug-likeness (QED) is 0.158. The van der Waals surface area contributed by atoms with Gasteiger partial charge in [-0.3, -0.25) is 4.98 Å². The van der Waals surface area contributed by atoms with Crippen molar-refractivity contribution in [3.8, 4) is 22.4 Å². The second-order valence-electron chi connectivity index (χ2n) is 12.4. The second kappa shape index (κ2) is 10.8. The third kappa shape index (κ3) is 4.87. The average Bonchev–Trinajstić information content (AvgIpc) is 3.50. The van der Waals surface area contributed by atoms with Crippen LogP contribution >= 0.6 is 0 Å². The van der Waals surface area contributed by atoms with Crippen LogP contribution in [0, 0.1) is 12.1 Å². The molecule has 4 heterocycles. The fourth-order valence-corrected chi connectivity index (χ4v) is 6.11. The Balaban J connectivity index is 0.000000150. The number of benzene rings is 3. The summed E-state index contributed by atoms with van der Waals surface area (Å²) in [5.74, 6) is 0. The number of nitrogens with zero attached hydrogens (tertiary/aromatic N) is 4. The van der Waals surface area contributed by atoms with Gasteiger partial charge in [0.05, 0.1) is 11.2 Å². The summed E-state index contributed by atoms with van der Waals surface area (Å²) < 4.78 is 2.13. The molecule has 0 fully saturated rings. The Morgan fingerprint density at radius 2 is 1.58 bits per heavy atom. The molecule has 1 aliphatic carbocycles. The summed E-state index contributed by atoms with van der Waals surface area (Å²) >= 11 is 0. The maximum Gasteiger partial charge on any atom is 0.127 e. The minimum atomic E-state index is -0.0475. The molecule has 43 heavy (non-hydrogen) atoms. The van der Waals surface area contributed by atoms with Crippen LogP contribution in [0.3, 0.4) is 0 Å². The van der Waals surface area contributed by atoms with Crippen molar-refractivity contribution >= 4 is 27.6 Å². The van der Waals surface area contributed by atoms with E-state index in [-0.39, 0.29) is 30.9 Å². The van der Waals surface area contributed by atoms with Crippen LogP contribution in [0.4, 0.5) is 0 Å². The summed E-state index contributed by atoms with van der Waals surface area (Å²) in [6.07, 6.45) is 3.88. The molecule has 0 N–H and O–H groups in total. The van der Waals surface area contributed by atoms with Gasteiger partial charge >= 0.3 is 0 Å². The number of imidazole rings is 1. The van der Waals surface area contributed by atoms with Crippen LogP contribution in [0.5, 0.6) is 0 Å². The molecule has 0 aliphatic heterocycles. The Kier molecular flexibility index (Phi) is 7.28. The van der Waals surface area contributed by atoms with Gasteiger partial charge in [0, 0.05) is 43.4 Å². The van der Waals surface area contributed by atoms with Crippen LogP contribution in [-0.2, 0) is 30.9 Å². The molecule has 0 amide bonds. The number of rotatable bonds is 1. The number of hydrogen-bond donors (Lipinski definition) is 0. The molecule has 5 heteroatoms. The Labute approximate surface area is 266 Å². The van der Waals surface area contributed by atoms with E-state index in [4.69, 9.17) is 9.97 Å². The molecule has 1 radical (unpaired) electrons. The summed E-state index contributed by atoms with van der Waals surface area (Å²) in [5, 5.41) is 0.990. The SMILES string of the molecule is CC(C)(C)c1nc2ccc[c-]c2c2nc3ccccn3c12.CC1(C)c2ccccc2-c2c[c-]c(-c3ccccn3)cc21.[Ir]. The molecule has 8 rings (SSSR count). The minimum absolute atomic E-state index is 0. The summed E-state index contributed by atoms with van der Waals surface area (Å²) in [6.45, 7) is 11.2. The summed E-state index contributed by atoms with van der Waals surface area (Å²) in [6, 6.07) is 37.7. The predicted octanol–water partition coefficient (Wildman–Crippen LogP) is 8.99. The van der Waals surface area contributed by atoms with E-state index < -0.39 is 0 Å². The number of hydrogen-bond acceptors (Lipinski definition) is 3. The van der Waals surface area contributed by atoms with Crippen molar-refractivity contribution in [1.82, 2.24) is 19.4 Å². The van der Waals surface area contributed by atoms with E-state index in [1.165, 1.54) is 22.3 Å². The van der Waals surface area contributed by atoms with Gasteiger partial charge in [0.1, 0.15) is 5.65 Å². The van der Waals surface area contributed by atoms with Gasteiger partial charge in [-0.1, -0.05) is 93.6 Å². The van der Waals surface area contributed by atoms with Gasteiger partial charge < -0.3 is 14.4 Å². The molecule has 0 saturated carbocycles. The Morgan fingerprint density at radius 1 is 0.791 bits per heavy atom. The standard InChI is InChI=1S/C20H16N.C18H16N3.Ir/c1-20(2)17-8-4-3-7-15(17)16-11-10-14(13-18(16)20)19-9-5-6-12-21-19;1-18(2,3)17-16-15(12-8-4-5-9-13(12)19-17)20-14-10-6-7-11-21(14)16;/h3-9,11-13H,1-2H3;4-7,9-11H,1-3H3;/q2*-1;. The molecule has 0 bridgehead atoms. The average molecular weight is 737 g/mol. The fourth-order valence-electron chi connectivity index (χ4n) is 6.11. The van der Waals surface area contributed by atoms with E-state index >= 15 is 0 Å². The monoisotopic (exact) mass is 737 g/mol. The van der Waals surface area contributed by atoms with Gasteiger partial charge in [-0.15, -0.1) is 53.6 Å². The third-order valence-electron chi connectivity index (χ3n) is 8.22. The van der Waals surface area contributed by atoms with E-state index in [2.05, 4.69) is 98.7 Å². The normalized spacial score (nSPS) is 13.2. The molecule has 0 atom stereocenters. The minimum Gasteiger partial charge on any atom is -0.307 e. The molecule has 4 aromatic heterocycles. The zero-order valence-electron chi connectivity index (χ0n) is 24.9. The molecule has 1 aliphatic rings. The van der Waals surface area contributed by atoms with E-state index in [0.29, 0.717) is 0 Å². The molecule has 3 aromatic carbocycles. The first-order valence-electron chi connectivity index (χ1n) is 14.4. The Morgan fingerprint density at radius 3 is 2.37 bits per heavy atom. The third-order valence-corrected chi connectivity index (χ3v) is 8.22. The number of pyridine rings is 3. The maximum absolute atomic E-state index is 4.90. The Bertz CT molecular complexity index is 2100. The molecule has 0 spiro atoms. The van der Waals surface area contributed by atoms with Crippen molar-refractivity contribution in [2.24, 2.45) is 0 Å². The first-order valence-corrected chi connectivity index (χ1v) is 14.4. The van der Waals surface area contributed by atoms with Gasteiger partial charge in [0.25, 0.3) is 0 Å². The van der Waals surface area contributed by atoms with E-state index in [0.717, 1.165) is 44.5 Å². The molecule has 0 unspecified atom stereocenters. The zero-order valence-corrected chi connectivity index (χ0v) is 27.3. The van der Waals surface area contributed by atoms with E-state index in [1.807, 2.05) is 60.8 Å². The number of aromatic nitrogens is 4. The topological polar surface area (TPSA) is 43.1 Å². The zero-order chi connectivity index (χ0) is 29.1. The summed E-state index contributed by atoms with van der Waals surface area (Å²) in [7, 11) is 0. The van der Waals surface area contributed by atoms with Crippen molar-refractivity contribution in [3.63, 3.8) is 0 Å². The van der Waals surface area contributed by atoms with Gasteiger partial charge in [0.15, 0.2) is 0 Å². The second-order valence-corrected chi connectivity index (χ2v) is 12.4. The van der Waals surface area contributed by atoms with Crippen molar-refractivity contribution in [2.75, 3.05) is 0 Å². The van der Waals surface area contributed by atoms with Gasteiger partial charge in [-0.2, -0.15) is 0 Å². The molecular weight excluding hydrogens is 705 g/mol.